The van der Waals surface area contributed by atoms with Gasteiger partial charge in [0.05, 0.1) is 20.8 Å². The zero-order valence-electron chi connectivity index (χ0n) is 16.3. The first-order chi connectivity index (χ1) is 12.9. The van der Waals surface area contributed by atoms with Gasteiger partial charge in [0.1, 0.15) is 17.0 Å². The summed E-state index contributed by atoms with van der Waals surface area (Å²) in [5, 5.41) is 0. The van der Waals surface area contributed by atoms with Crippen LogP contribution in [0.3, 0.4) is 0 Å². The van der Waals surface area contributed by atoms with Gasteiger partial charge in [0.15, 0.2) is 5.58 Å². The summed E-state index contributed by atoms with van der Waals surface area (Å²) in [5.74, 6) is 1.51. The summed E-state index contributed by atoms with van der Waals surface area (Å²) in [6.45, 7) is 6.21. The second-order valence-corrected chi connectivity index (χ2v) is 6.71. The molecule has 27 heavy (non-hydrogen) atoms. The number of fused-ring (bicyclic) bond motifs is 1. The maximum absolute atomic E-state index is 13.1. The number of carbonyl (C=O) groups is 1. The monoisotopic (exact) mass is 368 g/mol. The van der Waals surface area contributed by atoms with Crippen molar-refractivity contribution in [1.29, 1.82) is 0 Å². The van der Waals surface area contributed by atoms with Crippen molar-refractivity contribution >= 4 is 17.0 Å². The third kappa shape index (κ3) is 4.05. The van der Waals surface area contributed by atoms with Gasteiger partial charge >= 0.3 is 0 Å². The molecule has 0 bridgehead atoms. The van der Waals surface area contributed by atoms with Crippen LogP contribution in [0.15, 0.2) is 40.8 Å². The fourth-order valence-corrected chi connectivity index (χ4v) is 2.88. The molecule has 2 aromatic carbocycles. The molecule has 1 heterocycles. The number of oxazole rings is 1. The third-order valence-electron chi connectivity index (χ3n) is 4.38. The van der Waals surface area contributed by atoms with Gasteiger partial charge in [-0.3, -0.25) is 4.79 Å². The van der Waals surface area contributed by atoms with Crippen LogP contribution < -0.4 is 9.47 Å². The van der Waals surface area contributed by atoms with Gasteiger partial charge in [0.25, 0.3) is 5.91 Å². The lowest BCUT2D eigenvalue weighted by molar-refractivity contribution is 0.0672. The Labute approximate surface area is 158 Å². The Hall–Kier alpha value is -3.02. The van der Waals surface area contributed by atoms with E-state index in [1.54, 1.807) is 37.3 Å². The highest BCUT2D eigenvalue weighted by molar-refractivity contribution is 5.95. The summed E-state index contributed by atoms with van der Waals surface area (Å²) in [7, 11) is 3.12. The Morgan fingerprint density at radius 2 is 1.78 bits per heavy atom. The van der Waals surface area contributed by atoms with Crippen molar-refractivity contribution in [1.82, 2.24) is 9.88 Å². The SMILES string of the molecule is COc1cc(OC)cc(C(=O)N(Cc2nc3cc(C)ccc3o2)C(C)C)c1. The molecule has 6 heteroatoms. The van der Waals surface area contributed by atoms with Crippen LogP contribution in [0.2, 0.25) is 0 Å². The number of nitrogens with zero attached hydrogens (tertiary/aromatic N) is 2. The van der Waals surface area contributed by atoms with Gasteiger partial charge in [-0.2, -0.15) is 0 Å². The second-order valence-electron chi connectivity index (χ2n) is 6.71. The van der Waals surface area contributed by atoms with Crippen LogP contribution in [0.25, 0.3) is 11.1 Å². The van der Waals surface area contributed by atoms with E-state index in [2.05, 4.69) is 4.98 Å². The topological polar surface area (TPSA) is 64.8 Å². The minimum Gasteiger partial charge on any atom is -0.497 e. The molecule has 0 saturated carbocycles. The molecule has 1 amide bonds. The average Bonchev–Trinajstić information content (AvgIpc) is 3.06. The van der Waals surface area contributed by atoms with Gasteiger partial charge in [-0.1, -0.05) is 6.07 Å². The lowest BCUT2D eigenvalue weighted by Crippen LogP contribution is -2.36. The standard InChI is InChI=1S/C21H24N2O4/c1-13(2)23(12-20-22-18-8-14(3)6-7-19(18)27-20)21(24)15-9-16(25-4)11-17(10-15)26-5/h6-11,13H,12H2,1-5H3. The normalized spacial score (nSPS) is 11.0. The van der Waals surface area contributed by atoms with Gasteiger partial charge in [0, 0.05) is 17.7 Å². The highest BCUT2D eigenvalue weighted by atomic mass is 16.5. The van der Waals surface area contributed by atoms with E-state index in [1.807, 2.05) is 39.0 Å². The van der Waals surface area contributed by atoms with Gasteiger partial charge in [0.2, 0.25) is 5.89 Å². The minimum absolute atomic E-state index is 0.0357. The van der Waals surface area contributed by atoms with E-state index in [0.717, 1.165) is 16.7 Å². The van der Waals surface area contributed by atoms with Gasteiger partial charge in [-0.05, 0) is 50.6 Å². The number of rotatable bonds is 6. The highest BCUT2D eigenvalue weighted by Gasteiger charge is 2.23. The fourth-order valence-electron chi connectivity index (χ4n) is 2.88. The number of hydrogen-bond acceptors (Lipinski definition) is 5. The molecular weight excluding hydrogens is 344 g/mol. The average molecular weight is 368 g/mol. The summed E-state index contributed by atoms with van der Waals surface area (Å²) in [4.78, 5) is 19.4. The van der Waals surface area contributed by atoms with Crippen LogP contribution in [0.5, 0.6) is 11.5 Å². The summed E-state index contributed by atoms with van der Waals surface area (Å²) in [6, 6.07) is 11.0. The Kier molecular flexibility index (Phi) is 5.35. The van der Waals surface area contributed by atoms with E-state index in [1.165, 1.54) is 0 Å². The predicted molar refractivity (Wildman–Crippen MR) is 103 cm³/mol. The molecule has 1 aromatic heterocycles. The molecule has 0 fully saturated rings. The molecule has 0 saturated heterocycles. The smallest absolute Gasteiger partial charge is 0.254 e. The third-order valence-corrected chi connectivity index (χ3v) is 4.38. The maximum atomic E-state index is 13.1. The first-order valence-corrected chi connectivity index (χ1v) is 8.81. The van der Waals surface area contributed by atoms with E-state index < -0.39 is 0 Å². The predicted octanol–water partition coefficient (Wildman–Crippen LogP) is 4.20. The molecule has 0 unspecified atom stereocenters. The number of hydrogen-bond donors (Lipinski definition) is 0. The molecule has 0 radical (unpaired) electrons. The number of ether oxygens (including phenoxy) is 2. The minimum atomic E-state index is -0.138. The Balaban J connectivity index is 1.91. The number of amides is 1. The Morgan fingerprint density at radius 1 is 1.11 bits per heavy atom. The van der Waals surface area contributed by atoms with Crippen LogP contribution >= 0.6 is 0 Å². The molecule has 3 aromatic rings. The van der Waals surface area contributed by atoms with E-state index in [0.29, 0.717) is 23.0 Å². The number of benzene rings is 2. The molecule has 0 spiro atoms. The van der Waals surface area contributed by atoms with Gasteiger partial charge < -0.3 is 18.8 Å². The summed E-state index contributed by atoms with van der Waals surface area (Å²) in [6.07, 6.45) is 0. The number of carbonyl (C=O) groups excluding carboxylic acids is 1. The van der Waals surface area contributed by atoms with Crippen LogP contribution in [-0.2, 0) is 6.54 Å². The van der Waals surface area contributed by atoms with Crippen LogP contribution in [0.4, 0.5) is 0 Å². The first-order valence-electron chi connectivity index (χ1n) is 8.81. The van der Waals surface area contributed by atoms with E-state index in [-0.39, 0.29) is 18.5 Å². The highest BCUT2D eigenvalue weighted by Crippen LogP contribution is 2.25. The van der Waals surface area contributed by atoms with Crippen molar-refractivity contribution < 1.29 is 18.7 Å². The quantitative estimate of drug-likeness (QED) is 0.652. The van der Waals surface area contributed by atoms with Crippen molar-refractivity contribution in [3.05, 3.63) is 53.4 Å². The lowest BCUT2D eigenvalue weighted by atomic mass is 10.1. The second kappa shape index (κ2) is 7.70. The van der Waals surface area contributed by atoms with Gasteiger partial charge in [-0.15, -0.1) is 0 Å². The fraction of sp³-hybridized carbons (Fsp3) is 0.333. The van der Waals surface area contributed by atoms with Crippen molar-refractivity contribution in [3.8, 4) is 11.5 Å². The van der Waals surface area contributed by atoms with Crippen molar-refractivity contribution in [2.75, 3.05) is 14.2 Å². The summed E-state index contributed by atoms with van der Waals surface area (Å²) in [5.41, 5.74) is 3.12. The molecule has 0 aliphatic rings. The summed E-state index contributed by atoms with van der Waals surface area (Å²) >= 11 is 0. The molecule has 0 N–H and O–H groups in total. The number of aryl methyl sites for hydroxylation is 1. The Bertz CT molecular complexity index is 940. The molecule has 0 aliphatic carbocycles. The summed E-state index contributed by atoms with van der Waals surface area (Å²) < 4.78 is 16.4. The largest absolute Gasteiger partial charge is 0.497 e. The van der Waals surface area contributed by atoms with Crippen LogP contribution in [0.1, 0.15) is 35.7 Å². The van der Waals surface area contributed by atoms with E-state index >= 15 is 0 Å². The molecule has 6 nitrogen and oxygen atoms in total. The van der Waals surface area contributed by atoms with E-state index in [9.17, 15) is 4.79 Å². The molecular formula is C21H24N2O4. The van der Waals surface area contributed by atoms with Gasteiger partial charge in [-0.25, -0.2) is 4.98 Å². The van der Waals surface area contributed by atoms with Crippen molar-refractivity contribution in [3.63, 3.8) is 0 Å². The molecule has 0 aliphatic heterocycles. The molecule has 0 atom stereocenters. The van der Waals surface area contributed by atoms with E-state index in [4.69, 9.17) is 13.9 Å². The maximum Gasteiger partial charge on any atom is 0.254 e. The van der Waals surface area contributed by atoms with Crippen LogP contribution in [-0.4, -0.2) is 36.1 Å². The molecule has 142 valence electrons. The van der Waals surface area contributed by atoms with Crippen LogP contribution in [0, 0.1) is 6.92 Å². The zero-order chi connectivity index (χ0) is 19.6. The first kappa shape index (κ1) is 18.8. The number of methoxy groups -OCH3 is 2. The lowest BCUT2D eigenvalue weighted by Gasteiger charge is -2.25. The van der Waals surface area contributed by atoms with Crippen molar-refractivity contribution in [2.24, 2.45) is 0 Å². The molecule has 3 rings (SSSR count). The van der Waals surface area contributed by atoms with Crippen molar-refractivity contribution in [2.45, 2.75) is 33.4 Å². The number of aromatic nitrogens is 1. The Morgan fingerprint density at radius 3 is 2.37 bits per heavy atom. The zero-order valence-corrected chi connectivity index (χ0v) is 16.3.